The fourth-order valence-electron chi connectivity index (χ4n) is 1.77. The first-order valence-electron chi connectivity index (χ1n) is 5.13. The molecule has 14 heavy (non-hydrogen) atoms. The summed E-state index contributed by atoms with van der Waals surface area (Å²) in [5.74, 6) is 0.0680. The lowest BCUT2D eigenvalue weighted by Gasteiger charge is -2.24. The molecule has 4 nitrogen and oxygen atoms in total. The Labute approximate surface area is 83.7 Å². The van der Waals surface area contributed by atoms with Crippen molar-refractivity contribution >= 4 is 5.91 Å². The maximum absolute atomic E-state index is 11.7. The van der Waals surface area contributed by atoms with Gasteiger partial charge in [0.1, 0.15) is 6.04 Å². The van der Waals surface area contributed by atoms with Crippen molar-refractivity contribution in [2.45, 2.75) is 24.9 Å². The van der Waals surface area contributed by atoms with Gasteiger partial charge >= 0.3 is 0 Å². The topological polar surface area (TPSA) is 50.4 Å². The maximum atomic E-state index is 11.7. The third-order valence-electron chi connectivity index (χ3n) is 2.59. The van der Waals surface area contributed by atoms with Gasteiger partial charge in [0, 0.05) is 12.6 Å². The number of ether oxygens (including phenoxy) is 1. The molecule has 1 atom stereocenters. The summed E-state index contributed by atoms with van der Waals surface area (Å²) in [6.45, 7) is 1.96. The summed E-state index contributed by atoms with van der Waals surface area (Å²) < 4.78 is 5.23. The van der Waals surface area contributed by atoms with Gasteiger partial charge < -0.3 is 15.4 Å². The van der Waals surface area contributed by atoms with E-state index in [4.69, 9.17) is 4.74 Å². The molecule has 2 N–H and O–H groups in total. The minimum Gasteiger partial charge on any atom is -0.378 e. The summed E-state index contributed by atoms with van der Waals surface area (Å²) in [7, 11) is 0. The van der Waals surface area contributed by atoms with Gasteiger partial charge in [0.2, 0.25) is 5.91 Å². The molecule has 1 heterocycles. The SMILES string of the molecule is O=C(NC1CC=CC1)[C@H]1COCCN1. The molecule has 0 aromatic carbocycles. The number of rotatable bonds is 2. The summed E-state index contributed by atoms with van der Waals surface area (Å²) in [4.78, 5) is 11.7. The van der Waals surface area contributed by atoms with Gasteiger partial charge in [-0.15, -0.1) is 0 Å². The molecule has 0 unspecified atom stereocenters. The van der Waals surface area contributed by atoms with Gasteiger partial charge in [-0.2, -0.15) is 0 Å². The molecular formula is C10H16N2O2. The first-order valence-corrected chi connectivity index (χ1v) is 5.13. The summed E-state index contributed by atoms with van der Waals surface area (Å²) in [6, 6.07) is 0.135. The van der Waals surface area contributed by atoms with E-state index in [9.17, 15) is 4.79 Å². The van der Waals surface area contributed by atoms with Gasteiger partial charge in [0.25, 0.3) is 0 Å². The molecule has 1 saturated heterocycles. The Balaban J connectivity index is 1.76. The third kappa shape index (κ3) is 2.33. The number of carbonyl (C=O) groups excluding carboxylic acids is 1. The van der Waals surface area contributed by atoms with Crippen LogP contribution in [0.5, 0.6) is 0 Å². The Bertz CT molecular complexity index is 226. The minimum absolute atomic E-state index is 0.0680. The first kappa shape index (κ1) is 9.68. The second-order valence-corrected chi connectivity index (χ2v) is 3.73. The van der Waals surface area contributed by atoms with Crippen LogP contribution in [0.4, 0.5) is 0 Å². The Kier molecular flexibility index (Phi) is 3.16. The molecule has 1 fully saturated rings. The summed E-state index contributed by atoms with van der Waals surface area (Å²) >= 11 is 0. The molecule has 1 aliphatic heterocycles. The van der Waals surface area contributed by atoms with Crippen molar-refractivity contribution in [3.05, 3.63) is 12.2 Å². The number of morpholine rings is 1. The number of hydrogen-bond acceptors (Lipinski definition) is 3. The van der Waals surface area contributed by atoms with Crippen molar-refractivity contribution in [3.8, 4) is 0 Å². The number of nitrogens with one attached hydrogen (secondary N) is 2. The van der Waals surface area contributed by atoms with Crippen LogP contribution in [0.15, 0.2) is 12.2 Å². The average Bonchev–Trinajstić information content (AvgIpc) is 2.72. The van der Waals surface area contributed by atoms with Crippen LogP contribution in [0.25, 0.3) is 0 Å². The highest BCUT2D eigenvalue weighted by Gasteiger charge is 2.23. The lowest BCUT2D eigenvalue weighted by molar-refractivity contribution is -0.126. The van der Waals surface area contributed by atoms with Crippen molar-refractivity contribution < 1.29 is 9.53 Å². The molecular weight excluding hydrogens is 180 g/mol. The standard InChI is InChI=1S/C10H16N2O2/c13-10(9-7-14-6-5-11-9)12-8-3-1-2-4-8/h1-2,8-9,11H,3-7H2,(H,12,13)/t9-/m1/s1. The van der Waals surface area contributed by atoms with Gasteiger partial charge in [-0.25, -0.2) is 0 Å². The molecule has 0 saturated carbocycles. The second kappa shape index (κ2) is 4.57. The number of hydrogen-bond donors (Lipinski definition) is 2. The highest BCUT2D eigenvalue weighted by atomic mass is 16.5. The average molecular weight is 196 g/mol. The smallest absolute Gasteiger partial charge is 0.239 e. The van der Waals surface area contributed by atoms with Gasteiger partial charge in [-0.3, -0.25) is 4.79 Å². The Morgan fingerprint density at radius 1 is 1.43 bits per heavy atom. The molecule has 0 bridgehead atoms. The van der Waals surface area contributed by atoms with E-state index in [1.165, 1.54) is 0 Å². The Hall–Kier alpha value is -0.870. The molecule has 0 aromatic rings. The fourth-order valence-corrected chi connectivity index (χ4v) is 1.77. The van der Waals surface area contributed by atoms with Crippen LogP contribution in [0.1, 0.15) is 12.8 Å². The minimum atomic E-state index is -0.163. The lowest BCUT2D eigenvalue weighted by Crippen LogP contribution is -2.53. The Morgan fingerprint density at radius 2 is 2.21 bits per heavy atom. The highest BCUT2D eigenvalue weighted by Crippen LogP contribution is 2.09. The van der Waals surface area contributed by atoms with Gasteiger partial charge in [0.05, 0.1) is 13.2 Å². The van der Waals surface area contributed by atoms with Crippen LogP contribution >= 0.6 is 0 Å². The molecule has 78 valence electrons. The van der Waals surface area contributed by atoms with Crippen LogP contribution in [0.2, 0.25) is 0 Å². The monoisotopic (exact) mass is 196 g/mol. The zero-order valence-electron chi connectivity index (χ0n) is 8.16. The van der Waals surface area contributed by atoms with E-state index in [2.05, 4.69) is 22.8 Å². The Morgan fingerprint density at radius 3 is 2.86 bits per heavy atom. The van der Waals surface area contributed by atoms with E-state index in [0.717, 1.165) is 19.4 Å². The van der Waals surface area contributed by atoms with Crippen LogP contribution in [-0.2, 0) is 9.53 Å². The van der Waals surface area contributed by atoms with E-state index in [-0.39, 0.29) is 11.9 Å². The predicted molar refractivity (Wildman–Crippen MR) is 52.9 cm³/mol. The van der Waals surface area contributed by atoms with Gasteiger partial charge in [0.15, 0.2) is 0 Å². The number of carbonyl (C=O) groups is 1. The second-order valence-electron chi connectivity index (χ2n) is 3.73. The van der Waals surface area contributed by atoms with Gasteiger partial charge in [-0.05, 0) is 12.8 Å². The molecule has 4 heteroatoms. The summed E-state index contributed by atoms with van der Waals surface area (Å²) in [5, 5.41) is 6.14. The largest absolute Gasteiger partial charge is 0.378 e. The molecule has 2 rings (SSSR count). The third-order valence-corrected chi connectivity index (χ3v) is 2.59. The summed E-state index contributed by atoms with van der Waals surface area (Å²) in [6.07, 6.45) is 6.13. The van der Waals surface area contributed by atoms with Crippen molar-refractivity contribution in [2.75, 3.05) is 19.8 Å². The maximum Gasteiger partial charge on any atom is 0.239 e. The molecule has 1 aliphatic carbocycles. The van der Waals surface area contributed by atoms with Crippen molar-refractivity contribution in [1.29, 1.82) is 0 Å². The van der Waals surface area contributed by atoms with E-state index >= 15 is 0 Å². The fraction of sp³-hybridized carbons (Fsp3) is 0.700. The van der Waals surface area contributed by atoms with Crippen molar-refractivity contribution in [3.63, 3.8) is 0 Å². The van der Waals surface area contributed by atoms with Gasteiger partial charge in [-0.1, -0.05) is 12.2 Å². The first-order chi connectivity index (χ1) is 6.86. The molecule has 0 aromatic heterocycles. The van der Waals surface area contributed by atoms with Crippen molar-refractivity contribution in [1.82, 2.24) is 10.6 Å². The van der Waals surface area contributed by atoms with E-state index in [0.29, 0.717) is 19.3 Å². The summed E-state index contributed by atoms with van der Waals surface area (Å²) in [5.41, 5.74) is 0. The van der Waals surface area contributed by atoms with Crippen LogP contribution in [-0.4, -0.2) is 37.7 Å². The van der Waals surface area contributed by atoms with E-state index in [1.54, 1.807) is 0 Å². The van der Waals surface area contributed by atoms with Crippen molar-refractivity contribution in [2.24, 2.45) is 0 Å². The molecule has 1 amide bonds. The van der Waals surface area contributed by atoms with Crippen LogP contribution in [0.3, 0.4) is 0 Å². The van der Waals surface area contributed by atoms with Crippen LogP contribution in [0, 0.1) is 0 Å². The normalized spacial score (nSPS) is 27.9. The molecule has 2 aliphatic rings. The zero-order valence-corrected chi connectivity index (χ0v) is 8.16. The number of amides is 1. The zero-order chi connectivity index (χ0) is 9.80. The predicted octanol–water partition coefficient (Wildman–Crippen LogP) is -0.190. The van der Waals surface area contributed by atoms with E-state index in [1.807, 2.05) is 0 Å². The molecule has 0 spiro atoms. The van der Waals surface area contributed by atoms with Crippen LogP contribution < -0.4 is 10.6 Å². The quantitative estimate of drug-likeness (QED) is 0.602. The lowest BCUT2D eigenvalue weighted by atomic mass is 10.2. The molecule has 0 radical (unpaired) electrons. The van der Waals surface area contributed by atoms with E-state index < -0.39 is 0 Å². The highest BCUT2D eigenvalue weighted by molar-refractivity contribution is 5.82.